The van der Waals surface area contributed by atoms with Gasteiger partial charge in [-0.15, -0.1) is 0 Å². The van der Waals surface area contributed by atoms with E-state index in [4.69, 9.17) is 4.74 Å². The number of unbranched alkanes of at least 4 members (excludes halogenated alkanes) is 46. The first-order valence-electron chi connectivity index (χ1n) is 30.3. The Kier molecular flexibility index (Phi) is 55.5. The number of carbonyl (C=O) groups is 2. The zero-order valence-electron chi connectivity index (χ0n) is 45.0. The molecule has 0 saturated heterocycles. The second-order valence-electron chi connectivity index (χ2n) is 21.1. The normalized spacial score (nSPS) is 12.5. The van der Waals surface area contributed by atoms with E-state index in [1.807, 2.05) is 0 Å². The second kappa shape index (κ2) is 56.4. The fraction of sp³-hybridized carbons (Fsp3) is 0.967. The molecular formula is C60H119NO5. The number of aliphatic hydroxyl groups is 2. The van der Waals surface area contributed by atoms with Gasteiger partial charge >= 0.3 is 5.97 Å². The lowest BCUT2D eigenvalue weighted by Gasteiger charge is -2.22. The summed E-state index contributed by atoms with van der Waals surface area (Å²) in [5.41, 5.74) is 0. The Morgan fingerprint density at radius 3 is 0.924 bits per heavy atom. The van der Waals surface area contributed by atoms with Crippen molar-refractivity contribution < 1.29 is 24.5 Å². The van der Waals surface area contributed by atoms with Gasteiger partial charge < -0.3 is 20.3 Å². The minimum absolute atomic E-state index is 0.00997. The number of rotatable bonds is 57. The molecule has 1 amide bonds. The van der Waals surface area contributed by atoms with Gasteiger partial charge in [0.15, 0.2) is 0 Å². The number of esters is 1. The van der Waals surface area contributed by atoms with E-state index < -0.39 is 12.1 Å². The van der Waals surface area contributed by atoms with E-state index in [2.05, 4.69) is 19.2 Å². The summed E-state index contributed by atoms with van der Waals surface area (Å²) in [6.45, 7) is 4.98. The zero-order valence-corrected chi connectivity index (χ0v) is 45.0. The molecule has 6 heteroatoms. The molecule has 0 aliphatic heterocycles. The van der Waals surface area contributed by atoms with Crippen LogP contribution in [-0.2, 0) is 14.3 Å². The molecule has 0 saturated carbocycles. The highest BCUT2D eigenvalue weighted by atomic mass is 16.5. The van der Waals surface area contributed by atoms with Crippen LogP contribution in [0.5, 0.6) is 0 Å². The molecule has 0 aliphatic rings. The fourth-order valence-electron chi connectivity index (χ4n) is 9.76. The van der Waals surface area contributed by atoms with Crippen LogP contribution in [0.2, 0.25) is 0 Å². The lowest BCUT2D eigenvalue weighted by molar-refractivity contribution is -0.143. The van der Waals surface area contributed by atoms with Gasteiger partial charge in [0.1, 0.15) is 0 Å². The lowest BCUT2D eigenvalue weighted by atomic mass is 10.0. The van der Waals surface area contributed by atoms with Crippen molar-refractivity contribution in [1.29, 1.82) is 0 Å². The molecule has 3 N–H and O–H groups in total. The third-order valence-corrected chi connectivity index (χ3v) is 14.4. The van der Waals surface area contributed by atoms with E-state index in [0.717, 1.165) is 38.5 Å². The first-order valence-corrected chi connectivity index (χ1v) is 30.3. The highest BCUT2D eigenvalue weighted by molar-refractivity contribution is 5.76. The third-order valence-electron chi connectivity index (χ3n) is 14.4. The Balaban J connectivity index is 3.39. The minimum Gasteiger partial charge on any atom is -0.466 e. The van der Waals surface area contributed by atoms with Crippen LogP contribution in [-0.4, -0.2) is 47.4 Å². The first-order chi connectivity index (χ1) is 32.5. The third kappa shape index (κ3) is 52.2. The van der Waals surface area contributed by atoms with Crippen molar-refractivity contribution >= 4 is 11.9 Å². The zero-order chi connectivity index (χ0) is 47.9. The largest absolute Gasteiger partial charge is 0.466 e. The summed E-state index contributed by atoms with van der Waals surface area (Å²) < 4.78 is 5.49. The first kappa shape index (κ1) is 64.9. The van der Waals surface area contributed by atoms with Gasteiger partial charge in [-0.1, -0.05) is 309 Å². The van der Waals surface area contributed by atoms with Crippen LogP contribution in [0.1, 0.15) is 348 Å². The Labute approximate surface area is 413 Å². The molecule has 0 aromatic rings. The van der Waals surface area contributed by atoms with Crippen LogP contribution in [0.15, 0.2) is 0 Å². The summed E-state index contributed by atoms with van der Waals surface area (Å²) in [5.74, 6) is -0.0269. The summed E-state index contributed by atoms with van der Waals surface area (Å²) in [5, 5.41) is 23.3. The van der Waals surface area contributed by atoms with E-state index >= 15 is 0 Å². The van der Waals surface area contributed by atoms with Gasteiger partial charge in [-0.25, -0.2) is 0 Å². The summed E-state index contributed by atoms with van der Waals surface area (Å²) in [6, 6.07) is -0.544. The molecule has 66 heavy (non-hydrogen) atoms. The van der Waals surface area contributed by atoms with Crippen molar-refractivity contribution in [1.82, 2.24) is 5.32 Å². The molecule has 0 radical (unpaired) electrons. The Hall–Kier alpha value is -1.14. The maximum atomic E-state index is 12.5. The van der Waals surface area contributed by atoms with Crippen LogP contribution in [0.4, 0.5) is 0 Å². The monoisotopic (exact) mass is 934 g/mol. The molecule has 0 aromatic heterocycles. The van der Waals surface area contributed by atoms with Crippen LogP contribution in [0.3, 0.4) is 0 Å². The minimum atomic E-state index is -0.666. The maximum Gasteiger partial charge on any atom is 0.305 e. The standard InChI is InChI=1S/C60H119NO5/c1-3-5-7-9-11-13-15-17-19-24-28-32-36-40-44-48-52-58(63)57(56-62)61-59(64)53-49-45-41-37-33-29-25-22-21-23-27-31-35-39-43-47-51-55-66-60(65)54-50-46-42-38-34-30-26-20-18-16-14-12-10-8-6-4-2/h57-58,62-63H,3-56H2,1-2H3,(H,61,64). The van der Waals surface area contributed by atoms with Gasteiger partial charge in [0.05, 0.1) is 25.4 Å². The van der Waals surface area contributed by atoms with Crippen molar-refractivity contribution in [3.63, 3.8) is 0 Å². The smallest absolute Gasteiger partial charge is 0.305 e. The van der Waals surface area contributed by atoms with Crippen molar-refractivity contribution in [2.75, 3.05) is 13.2 Å². The molecule has 0 rings (SSSR count). The second-order valence-corrected chi connectivity index (χ2v) is 21.1. The predicted octanol–water partition coefficient (Wildman–Crippen LogP) is 18.7. The van der Waals surface area contributed by atoms with Gasteiger partial charge in [-0.05, 0) is 25.7 Å². The molecule has 394 valence electrons. The maximum absolute atomic E-state index is 12.5. The topological polar surface area (TPSA) is 95.9 Å². The van der Waals surface area contributed by atoms with Gasteiger partial charge in [0.25, 0.3) is 0 Å². The van der Waals surface area contributed by atoms with Crippen LogP contribution >= 0.6 is 0 Å². The molecule has 6 nitrogen and oxygen atoms in total. The molecule has 2 unspecified atom stereocenters. The van der Waals surface area contributed by atoms with Crippen LogP contribution < -0.4 is 5.32 Å². The van der Waals surface area contributed by atoms with Crippen LogP contribution in [0, 0.1) is 0 Å². The summed E-state index contributed by atoms with van der Waals surface area (Å²) in [7, 11) is 0. The molecule has 0 aliphatic carbocycles. The number of hydrogen-bond acceptors (Lipinski definition) is 5. The number of aliphatic hydroxyl groups excluding tert-OH is 2. The molecule has 2 atom stereocenters. The average molecular weight is 935 g/mol. The molecular weight excluding hydrogens is 815 g/mol. The summed E-state index contributed by atoms with van der Waals surface area (Å²) in [4.78, 5) is 24.6. The van der Waals surface area contributed by atoms with E-state index in [1.54, 1.807) is 0 Å². The Morgan fingerprint density at radius 2 is 0.621 bits per heavy atom. The Morgan fingerprint density at radius 1 is 0.364 bits per heavy atom. The van der Waals surface area contributed by atoms with E-state index in [0.29, 0.717) is 25.9 Å². The number of nitrogens with one attached hydrogen (secondary N) is 1. The number of ether oxygens (including phenoxy) is 1. The number of hydrogen-bond donors (Lipinski definition) is 3. The quantitative estimate of drug-likeness (QED) is 0.0417. The van der Waals surface area contributed by atoms with E-state index in [9.17, 15) is 19.8 Å². The van der Waals surface area contributed by atoms with Gasteiger partial charge in [0.2, 0.25) is 5.91 Å². The van der Waals surface area contributed by atoms with Crippen molar-refractivity contribution in [3.05, 3.63) is 0 Å². The summed E-state index contributed by atoms with van der Waals surface area (Å²) in [6.07, 6.45) is 65.2. The fourth-order valence-corrected chi connectivity index (χ4v) is 9.76. The van der Waals surface area contributed by atoms with Crippen molar-refractivity contribution in [3.8, 4) is 0 Å². The highest BCUT2D eigenvalue weighted by Gasteiger charge is 2.20. The molecule has 0 bridgehead atoms. The van der Waals surface area contributed by atoms with Gasteiger partial charge in [0, 0.05) is 12.8 Å². The Bertz CT molecular complexity index is 944. The van der Waals surface area contributed by atoms with Crippen LogP contribution in [0.25, 0.3) is 0 Å². The van der Waals surface area contributed by atoms with Gasteiger partial charge in [-0.3, -0.25) is 9.59 Å². The van der Waals surface area contributed by atoms with Crippen molar-refractivity contribution in [2.45, 2.75) is 360 Å². The molecule has 0 heterocycles. The molecule has 0 fully saturated rings. The molecule has 0 aromatic carbocycles. The lowest BCUT2D eigenvalue weighted by Crippen LogP contribution is -2.45. The van der Waals surface area contributed by atoms with E-state index in [1.165, 1.54) is 276 Å². The highest BCUT2D eigenvalue weighted by Crippen LogP contribution is 2.18. The SMILES string of the molecule is CCCCCCCCCCCCCCCCCCC(=O)OCCCCCCCCCCCCCCCCCCCC(=O)NC(CO)C(O)CCCCCCCCCCCCCCCCCC. The predicted molar refractivity (Wildman–Crippen MR) is 287 cm³/mol. The average Bonchev–Trinajstić information content (AvgIpc) is 3.32. The number of amides is 1. The molecule has 0 spiro atoms. The van der Waals surface area contributed by atoms with E-state index in [-0.39, 0.29) is 18.5 Å². The number of carbonyl (C=O) groups excluding carboxylic acids is 2. The van der Waals surface area contributed by atoms with Crippen molar-refractivity contribution in [2.24, 2.45) is 0 Å². The summed E-state index contributed by atoms with van der Waals surface area (Å²) >= 11 is 0. The van der Waals surface area contributed by atoms with Gasteiger partial charge in [-0.2, -0.15) is 0 Å².